The molecule has 0 radical (unpaired) electrons. The van der Waals surface area contributed by atoms with Gasteiger partial charge in [0.15, 0.2) is 0 Å². The number of hydrogen-bond donors (Lipinski definition) is 2. The monoisotopic (exact) mass is 386 g/mol. The van der Waals surface area contributed by atoms with Gasteiger partial charge in [-0.2, -0.15) is 5.26 Å². The molecule has 0 unspecified atom stereocenters. The van der Waals surface area contributed by atoms with Crippen molar-refractivity contribution in [3.8, 4) is 17.4 Å². The van der Waals surface area contributed by atoms with Crippen LogP contribution in [0.5, 0.6) is 0 Å². The van der Waals surface area contributed by atoms with Gasteiger partial charge in [-0.3, -0.25) is 4.79 Å². The molecule has 144 valence electrons. The second-order valence-electron chi connectivity index (χ2n) is 6.53. The number of furan rings is 1. The first-order valence-electron chi connectivity index (χ1n) is 8.81. The smallest absolute Gasteiger partial charge is 0.335 e. The van der Waals surface area contributed by atoms with Crippen LogP contribution < -0.4 is 5.32 Å². The summed E-state index contributed by atoms with van der Waals surface area (Å²) in [4.78, 5) is 23.4. The number of rotatable bonds is 5. The zero-order valence-electron chi connectivity index (χ0n) is 15.9. The van der Waals surface area contributed by atoms with E-state index in [-0.39, 0.29) is 11.1 Å². The Kier molecular flexibility index (Phi) is 5.61. The van der Waals surface area contributed by atoms with E-state index < -0.39 is 11.9 Å². The molecule has 6 nitrogen and oxygen atoms in total. The normalized spacial score (nSPS) is 11.0. The van der Waals surface area contributed by atoms with Gasteiger partial charge >= 0.3 is 5.97 Å². The first kappa shape index (κ1) is 19.6. The van der Waals surface area contributed by atoms with E-state index in [4.69, 9.17) is 9.52 Å². The fraction of sp³-hybridized carbons (Fsp3) is 0.0870. The highest BCUT2D eigenvalue weighted by Crippen LogP contribution is 2.24. The summed E-state index contributed by atoms with van der Waals surface area (Å²) in [5, 5.41) is 21.1. The van der Waals surface area contributed by atoms with Crippen molar-refractivity contribution in [2.45, 2.75) is 13.8 Å². The largest absolute Gasteiger partial charge is 0.478 e. The average molecular weight is 386 g/mol. The second-order valence-corrected chi connectivity index (χ2v) is 6.53. The lowest BCUT2D eigenvalue weighted by atomic mass is 10.1. The van der Waals surface area contributed by atoms with Crippen molar-refractivity contribution in [2.24, 2.45) is 0 Å². The molecular weight excluding hydrogens is 368 g/mol. The molecule has 0 aliphatic carbocycles. The van der Waals surface area contributed by atoms with Crippen molar-refractivity contribution in [2.75, 3.05) is 5.32 Å². The Morgan fingerprint density at radius 1 is 1.07 bits per heavy atom. The van der Waals surface area contributed by atoms with Crippen LogP contribution in [0.15, 0.2) is 64.6 Å². The summed E-state index contributed by atoms with van der Waals surface area (Å²) in [6.07, 6.45) is 1.37. The Hall–Kier alpha value is -4.11. The topological polar surface area (TPSA) is 103 Å². The summed E-state index contributed by atoms with van der Waals surface area (Å²) < 4.78 is 5.69. The van der Waals surface area contributed by atoms with E-state index in [0.717, 1.165) is 11.1 Å². The number of anilines is 1. The van der Waals surface area contributed by atoms with Crippen molar-refractivity contribution >= 4 is 23.6 Å². The lowest BCUT2D eigenvalue weighted by Gasteiger charge is -2.08. The minimum absolute atomic E-state index is 0.0898. The molecule has 0 bridgehead atoms. The molecule has 0 atom stereocenters. The molecule has 2 N–H and O–H groups in total. The van der Waals surface area contributed by atoms with Gasteiger partial charge in [0, 0.05) is 17.3 Å². The van der Waals surface area contributed by atoms with Gasteiger partial charge in [0.25, 0.3) is 5.91 Å². The zero-order valence-corrected chi connectivity index (χ0v) is 15.9. The van der Waals surface area contributed by atoms with E-state index in [0.29, 0.717) is 22.8 Å². The molecule has 1 aromatic heterocycles. The quantitative estimate of drug-likeness (QED) is 0.484. The summed E-state index contributed by atoms with van der Waals surface area (Å²) >= 11 is 0. The van der Waals surface area contributed by atoms with E-state index in [9.17, 15) is 14.9 Å². The SMILES string of the molecule is Cc1ccc(C)c(NC(=O)/C(C#N)=C/c2ccc(-c3ccc(C(=O)O)cc3)o2)c1. The minimum Gasteiger partial charge on any atom is -0.478 e. The molecule has 3 rings (SSSR count). The molecule has 0 spiro atoms. The number of aryl methyl sites for hydroxylation is 2. The molecule has 0 saturated carbocycles. The van der Waals surface area contributed by atoms with Crippen LogP contribution in [0.25, 0.3) is 17.4 Å². The second kappa shape index (κ2) is 8.28. The first-order chi connectivity index (χ1) is 13.9. The van der Waals surface area contributed by atoms with Crippen molar-refractivity contribution in [1.29, 1.82) is 5.26 Å². The molecule has 2 aromatic carbocycles. The predicted octanol–water partition coefficient (Wildman–Crippen LogP) is 4.81. The van der Waals surface area contributed by atoms with Gasteiger partial charge in [-0.25, -0.2) is 4.79 Å². The van der Waals surface area contributed by atoms with E-state index in [1.54, 1.807) is 24.3 Å². The number of nitriles is 1. The van der Waals surface area contributed by atoms with Crippen LogP contribution in [-0.4, -0.2) is 17.0 Å². The lowest BCUT2D eigenvalue weighted by molar-refractivity contribution is -0.112. The number of carboxylic acids is 1. The van der Waals surface area contributed by atoms with Gasteiger partial charge < -0.3 is 14.8 Å². The number of nitrogens with one attached hydrogen (secondary N) is 1. The van der Waals surface area contributed by atoms with Gasteiger partial charge in [0.2, 0.25) is 0 Å². The third-order valence-corrected chi connectivity index (χ3v) is 4.34. The average Bonchev–Trinajstić information content (AvgIpc) is 3.17. The third kappa shape index (κ3) is 4.60. The molecule has 1 heterocycles. The standard InChI is InChI=1S/C23H18N2O4/c1-14-3-4-15(2)20(11-14)25-22(26)18(13-24)12-19-9-10-21(29-19)16-5-7-17(8-6-16)23(27)28/h3-12H,1-2H3,(H,25,26)(H,27,28)/b18-12+. The number of carbonyl (C=O) groups excluding carboxylic acids is 1. The van der Waals surface area contributed by atoms with Crippen molar-refractivity contribution in [3.05, 3.63) is 82.6 Å². The molecule has 6 heteroatoms. The highest BCUT2D eigenvalue weighted by Gasteiger charge is 2.13. The van der Waals surface area contributed by atoms with Gasteiger partial charge in [-0.1, -0.05) is 24.3 Å². The number of amides is 1. The third-order valence-electron chi connectivity index (χ3n) is 4.34. The van der Waals surface area contributed by atoms with Crippen LogP contribution in [0.3, 0.4) is 0 Å². The van der Waals surface area contributed by atoms with Gasteiger partial charge in [-0.05, 0) is 55.3 Å². The summed E-state index contributed by atoms with van der Waals surface area (Å²) in [7, 11) is 0. The van der Waals surface area contributed by atoms with E-state index in [1.807, 2.05) is 38.1 Å². The fourth-order valence-corrected chi connectivity index (χ4v) is 2.71. The van der Waals surface area contributed by atoms with Crippen LogP contribution in [0.1, 0.15) is 27.2 Å². The molecule has 29 heavy (non-hydrogen) atoms. The molecule has 0 aliphatic rings. The highest BCUT2D eigenvalue weighted by atomic mass is 16.4. The van der Waals surface area contributed by atoms with E-state index in [1.165, 1.54) is 18.2 Å². The Balaban J connectivity index is 1.81. The molecule has 1 amide bonds. The first-order valence-corrected chi connectivity index (χ1v) is 8.81. The van der Waals surface area contributed by atoms with Crippen LogP contribution in [-0.2, 0) is 4.79 Å². The van der Waals surface area contributed by atoms with Crippen LogP contribution in [0.2, 0.25) is 0 Å². The number of carbonyl (C=O) groups is 2. The summed E-state index contributed by atoms with van der Waals surface area (Å²) in [5.74, 6) is -0.687. The lowest BCUT2D eigenvalue weighted by Crippen LogP contribution is -2.14. The predicted molar refractivity (Wildman–Crippen MR) is 109 cm³/mol. The maximum Gasteiger partial charge on any atom is 0.335 e. The molecule has 0 aliphatic heterocycles. The highest BCUT2D eigenvalue weighted by molar-refractivity contribution is 6.09. The van der Waals surface area contributed by atoms with Crippen LogP contribution in [0, 0.1) is 25.2 Å². The van der Waals surface area contributed by atoms with Gasteiger partial charge in [0.1, 0.15) is 23.2 Å². The number of carboxylic acid groups (broad SMARTS) is 1. The van der Waals surface area contributed by atoms with Gasteiger partial charge in [-0.15, -0.1) is 0 Å². The Morgan fingerprint density at radius 3 is 2.45 bits per heavy atom. The molecule has 0 fully saturated rings. The summed E-state index contributed by atoms with van der Waals surface area (Å²) in [6.45, 7) is 3.79. The summed E-state index contributed by atoms with van der Waals surface area (Å²) in [5.41, 5.74) is 3.32. The van der Waals surface area contributed by atoms with Crippen molar-refractivity contribution < 1.29 is 19.1 Å². The number of hydrogen-bond acceptors (Lipinski definition) is 4. The Bertz CT molecular complexity index is 1150. The van der Waals surface area contributed by atoms with E-state index >= 15 is 0 Å². The molecule has 3 aromatic rings. The van der Waals surface area contributed by atoms with Crippen LogP contribution >= 0.6 is 0 Å². The minimum atomic E-state index is -1.01. The van der Waals surface area contributed by atoms with Crippen molar-refractivity contribution in [3.63, 3.8) is 0 Å². The van der Waals surface area contributed by atoms with Gasteiger partial charge in [0.05, 0.1) is 5.56 Å². The van der Waals surface area contributed by atoms with Crippen LogP contribution in [0.4, 0.5) is 5.69 Å². The maximum atomic E-state index is 12.5. The molecular formula is C23H18N2O4. The Morgan fingerprint density at radius 2 is 1.79 bits per heavy atom. The molecule has 0 saturated heterocycles. The van der Waals surface area contributed by atoms with Crippen molar-refractivity contribution in [1.82, 2.24) is 0 Å². The number of nitrogens with zero attached hydrogens (tertiary/aromatic N) is 1. The maximum absolute atomic E-state index is 12.5. The zero-order chi connectivity index (χ0) is 21.0. The number of aromatic carboxylic acids is 1. The summed E-state index contributed by atoms with van der Waals surface area (Å²) in [6, 6.07) is 17.1. The number of benzene rings is 2. The fourth-order valence-electron chi connectivity index (χ4n) is 2.71. The Labute approximate surface area is 167 Å². The van der Waals surface area contributed by atoms with E-state index in [2.05, 4.69) is 5.32 Å².